The predicted octanol–water partition coefficient (Wildman–Crippen LogP) is 4.64. The van der Waals surface area contributed by atoms with Crippen molar-refractivity contribution in [3.8, 4) is 0 Å². The summed E-state index contributed by atoms with van der Waals surface area (Å²) in [6, 6.07) is 3.72. The molecule has 1 aromatic rings. The van der Waals surface area contributed by atoms with Gasteiger partial charge in [-0.25, -0.2) is 0 Å². The quantitative estimate of drug-likeness (QED) is 0.584. The van der Waals surface area contributed by atoms with Gasteiger partial charge in [-0.05, 0) is 70.5 Å². The fourth-order valence-corrected chi connectivity index (χ4v) is 3.81. The molecule has 0 aromatic heterocycles. The third kappa shape index (κ3) is 3.99. The van der Waals surface area contributed by atoms with Crippen LogP contribution >= 0.6 is 27.5 Å². The van der Waals surface area contributed by atoms with Crippen LogP contribution in [-0.4, -0.2) is 11.8 Å². The minimum atomic E-state index is -0.448. The fourth-order valence-electron chi connectivity index (χ4n) is 3.23. The van der Waals surface area contributed by atoms with Gasteiger partial charge in [0, 0.05) is 16.1 Å². The van der Waals surface area contributed by atoms with E-state index in [1.807, 2.05) is 6.07 Å². The molecule has 0 bridgehead atoms. The molecule has 0 heterocycles. The summed E-state index contributed by atoms with van der Waals surface area (Å²) >= 11 is 9.09. The number of nitrogens with one attached hydrogen (secondary N) is 1. The van der Waals surface area contributed by atoms with E-state index in [1.165, 1.54) is 32.1 Å². The zero-order valence-corrected chi connectivity index (χ0v) is 14.6. The van der Waals surface area contributed by atoms with Gasteiger partial charge in [-0.2, -0.15) is 0 Å². The molecule has 0 amide bonds. The maximum Gasteiger partial charge on any atom is 0.252 e. The third-order valence-corrected chi connectivity index (χ3v) is 5.14. The number of halogens is 2. The van der Waals surface area contributed by atoms with Gasteiger partial charge >= 0.3 is 0 Å². The Morgan fingerprint density at radius 1 is 1.43 bits per heavy atom. The van der Waals surface area contributed by atoms with Crippen LogP contribution in [0.2, 0.25) is 0 Å². The Morgan fingerprint density at radius 3 is 2.67 bits per heavy atom. The van der Waals surface area contributed by atoms with Crippen molar-refractivity contribution in [1.82, 2.24) is 5.32 Å². The van der Waals surface area contributed by atoms with Crippen molar-refractivity contribution in [2.75, 3.05) is 12.3 Å². The summed E-state index contributed by atoms with van der Waals surface area (Å²) in [4.78, 5) is 11.5. The van der Waals surface area contributed by atoms with Crippen molar-refractivity contribution < 1.29 is 4.79 Å². The molecule has 2 rings (SSSR count). The molecular formula is C16H22BrClN2O. The third-order valence-electron chi connectivity index (χ3n) is 4.27. The van der Waals surface area contributed by atoms with Crippen LogP contribution in [0.15, 0.2) is 16.6 Å². The van der Waals surface area contributed by atoms with Crippen molar-refractivity contribution in [3.05, 3.63) is 27.7 Å². The normalized spacial score (nSPS) is 17.7. The van der Waals surface area contributed by atoms with E-state index < -0.39 is 5.24 Å². The van der Waals surface area contributed by atoms with Gasteiger partial charge in [0.15, 0.2) is 0 Å². The number of carbonyl (C=O) groups excluding carboxylic acids is 1. The van der Waals surface area contributed by atoms with Crippen molar-refractivity contribution in [1.29, 1.82) is 0 Å². The molecule has 5 heteroatoms. The van der Waals surface area contributed by atoms with Crippen LogP contribution < -0.4 is 11.1 Å². The first-order valence-corrected chi connectivity index (χ1v) is 8.73. The molecule has 3 nitrogen and oxygen atoms in total. The topological polar surface area (TPSA) is 55.1 Å². The monoisotopic (exact) mass is 372 g/mol. The zero-order chi connectivity index (χ0) is 15.4. The van der Waals surface area contributed by atoms with Crippen molar-refractivity contribution >= 4 is 38.5 Å². The Morgan fingerprint density at radius 2 is 2.10 bits per heavy atom. The predicted molar refractivity (Wildman–Crippen MR) is 91.7 cm³/mol. The van der Waals surface area contributed by atoms with Gasteiger partial charge in [-0.1, -0.05) is 26.2 Å². The summed E-state index contributed by atoms with van der Waals surface area (Å²) in [5.41, 5.74) is 8.43. The van der Waals surface area contributed by atoms with Gasteiger partial charge in [0.25, 0.3) is 5.24 Å². The van der Waals surface area contributed by atoms with Gasteiger partial charge in [-0.3, -0.25) is 4.79 Å². The Labute approximate surface area is 139 Å². The van der Waals surface area contributed by atoms with Gasteiger partial charge in [0.1, 0.15) is 0 Å². The zero-order valence-electron chi connectivity index (χ0n) is 12.3. The molecule has 3 N–H and O–H groups in total. The van der Waals surface area contributed by atoms with Crippen LogP contribution in [0.3, 0.4) is 0 Å². The van der Waals surface area contributed by atoms with Gasteiger partial charge in [0.2, 0.25) is 0 Å². The lowest BCUT2D eigenvalue weighted by molar-refractivity contribution is 0.108. The van der Waals surface area contributed by atoms with Gasteiger partial charge in [0.05, 0.1) is 5.69 Å². The molecule has 0 spiro atoms. The van der Waals surface area contributed by atoms with E-state index in [9.17, 15) is 4.79 Å². The molecular weight excluding hydrogens is 352 g/mol. The van der Waals surface area contributed by atoms with Crippen molar-refractivity contribution in [2.45, 2.75) is 45.1 Å². The number of carbonyl (C=O) groups is 1. The molecule has 1 aromatic carbocycles. The largest absolute Gasteiger partial charge is 0.398 e. The van der Waals surface area contributed by atoms with E-state index in [2.05, 4.69) is 28.2 Å². The summed E-state index contributed by atoms with van der Waals surface area (Å²) in [5.74, 6) is 0.563. The average Bonchev–Trinajstić information content (AvgIpc) is 2.48. The van der Waals surface area contributed by atoms with Crippen LogP contribution in [0.1, 0.15) is 61.0 Å². The Balaban J connectivity index is 2.40. The Kier molecular flexibility index (Phi) is 6.08. The lowest BCUT2D eigenvalue weighted by atomic mass is 9.80. The van der Waals surface area contributed by atoms with Crippen LogP contribution in [0.5, 0.6) is 0 Å². The van der Waals surface area contributed by atoms with E-state index in [4.69, 9.17) is 17.3 Å². The second-order valence-electron chi connectivity index (χ2n) is 5.67. The Hall–Kier alpha value is -0.580. The number of nitrogens with two attached hydrogens (primary N) is 1. The summed E-state index contributed by atoms with van der Waals surface area (Å²) in [7, 11) is 0. The lowest BCUT2D eigenvalue weighted by Crippen LogP contribution is -2.30. The van der Waals surface area contributed by atoms with E-state index in [1.54, 1.807) is 6.07 Å². The van der Waals surface area contributed by atoms with Crippen LogP contribution in [0.25, 0.3) is 0 Å². The van der Waals surface area contributed by atoms with Crippen molar-refractivity contribution in [3.63, 3.8) is 0 Å². The summed E-state index contributed by atoms with van der Waals surface area (Å²) in [5, 5.41) is 3.10. The fraction of sp³-hybridized carbons (Fsp3) is 0.562. The molecule has 1 aliphatic carbocycles. The highest BCUT2D eigenvalue weighted by atomic mass is 79.9. The van der Waals surface area contributed by atoms with E-state index >= 15 is 0 Å². The minimum Gasteiger partial charge on any atom is -0.398 e. The molecule has 1 fully saturated rings. The Bertz CT molecular complexity index is 515. The molecule has 21 heavy (non-hydrogen) atoms. The standard InChI is InChI=1S/C16H22BrClN2O/c1-2-20-15(10-6-4-3-5-7-10)12-8-11(16(18)21)9-13(17)14(12)19/h8-10,15,20H,2-7,19H2,1H3. The number of benzene rings is 1. The molecule has 116 valence electrons. The first-order valence-electron chi connectivity index (χ1n) is 7.56. The average molecular weight is 374 g/mol. The number of rotatable bonds is 5. The molecule has 1 aliphatic rings. The van der Waals surface area contributed by atoms with Crippen LogP contribution in [-0.2, 0) is 0 Å². The van der Waals surface area contributed by atoms with Crippen LogP contribution in [0.4, 0.5) is 5.69 Å². The molecule has 1 saturated carbocycles. The van der Waals surface area contributed by atoms with Gasteiger partial charge < -0.3 is 11.1 Å². The smallest absolute Gasteiger partial charge is 0.252 e. The van der Waals surface area contributed by atoms with Gasteiger partial charge in [-0.15, -0.1) is 0 Å². The number of anilines is 1. The SMILES string of the molecule is CCNC(c1cc(C(=O)Cl)cc(Br)c1N)C1CCCCC1. The first-order chi connectivity index (χ1) is 10.0. The highest BCUT2D eigenvalue weighted by Crippen LogP contribution is 2.39. The molecule has 0 saturated heterocycles. The highest BCUT2D eigenvalue weighted by Gasteiger charge is 2.27. The van der Waals surface area contributed by atoms with Crippen LogP contribution in [0, 0.1) is 5.92 Å². The number of hydrogen-bond donors (Lipinski definition) is 2. The summed E-state index contributed by atoms with van der Waals surface area (Å²) in [6.45, 7) is 2.97. The first kappa shape index (κ1) is 16.8. The van der Waals surface area contributed by atoms with E-state index in [0.29, 0.717) is 17.2 Å². The number of hydrogen-bond acceptors (Lipinski definition) is 3. The molecule has 0 radical (unpaired) electrons. The minimum absolute atomic E-state index is 0.183. The lowest BCUT2D eigenvalue weighted by Gasteiger charge is -2.32. The number of nitrogen functional groups attached to an aromatic ring is 1. The highest BCUT2D eigenvalue weighted by molar-refractivity contribution is 9.10. The molecule has 1 unspecified atom stereocenters. The van der Waals surface area contributed by atoms with E-state index in [0.717, 1.165) is 16.6 Å². The second-order valence-corrected chi connectivity index (χ2v) is 6.87. The maximum atomic E-state index is 11.5. The molecule has 1 atom stereocenters. The second kappa shape index (κ2) is 7.61. The summed E-state index contributed by atoms with van der Waals surface area (Å²) in [6.07, 6.45) is 6.25. The van der Waals surface area contributed by atoms with Crippen molar-refractivity contribution in [2.24, 2.45) is 5.92 Å². The maximum absolute atomic E-state index is 11.5. The summed E-state index contributed by atoms with van der Waals surface area (Å²) < 4.78 is 0.739. The molecule has 0 aliphatic heterocycles. The van der Waals surface area contributed by atoms with E-state index in [-0.39, 0.29) is 6.04 Å².